The Morgan fingerprint density at radius 1 is 1.17 bits per heavy atom. The molecular formula is C19H30N2O3. The van der Waals surface area contributed by atoms with Crippen molar-refractivity contribution in [3.05, 3.63) is 35.9 Å². The molecule has 0 aliphatic heterocycles. The molecule has 0 aromatic heterocycles. The van der Waals surface area contributed by atoms with E-state index in [-0.39, 0.29) is 24.5 Å². The Morgan fingerprint density at radius 3 is 2.29 bits per heavy atom. The number of carboxylic acids is 1. The van der Waals surface area contributed by atoms with Crippen LogP contribution < -0.4 is 5.32 Å². The van der Waals surface area contributed by atoms with Crippen molar-refractivity contribution in [1.82, 2.24) is 10.2 Å². The van der Waals surface area contributed by atoms with E-state index < -0.39 is 5.97 Å². The van der Waals surface area contributed by atoms with Crippen molar-refractivity contribution in [2.75, 3.05) is 6.54 Å². The number of aliphatic carboxylic acids is 1. The number of nitrogens with one attached hydrogen (secondary N) is 1. The molecule has 0 spiro atoms. The third kappa shape index (κ3) is 6.60. The van der Waals surface area contributed by atoms with Gasteiger partial charge in [-0.2, -0.15) is 0 Å². The van der Waals surface area contributed by atoms with E-state index in [0.29, 0.717) is 25.3 Å². The van der Waals surface area contributed by atoms with Crippen LogP contribution in [-0.2, 0) is 11.2 Å². The van der Waals surface area contributed by atoms with E-state index in [2.05, 4.69) is 19.2 Å². The summed E-state index contributed by atoms with van der Waals surface area (Å²) in [6, 6.07) is 9.65. The predicted octanol–water partition coefficient (Wildman–Crippen LogP) is 3.54. The van der Waals surface area contributed by atoms with E-state index in [9.17, 15) is 9.59 Å². The van der Waals surface area contributed by atoms with E-state index in [0.717, 1.165) is 5.56 Å². The first-order valence-electron chi connectivity index (χ1n) is 8.68. The summed E-state index contributed by atoms with van der Waals surface area (Å²) in [6.45, 7) is 8.81. The van der Waals surface area contributed by atoms with Gasteiger partial charge in [0.05, 0.1) is 0 Å². The van der Waals surface area contributed by atoms with Gasteiger partial charge in [-0.15, -0.1) is 0 Å². The molecule has 134 valence electrons. The number of nitrogens with zero attached hydrogens (tertiary/aromatic N) is 1. The van der Waals surface area contributed by atoms with Gasteiger partial charge in [0, 0.05) is 25.0 Å². The van der Waals surface area contributed by atoms with E-state index in [1.165, 1.54) is 0 Å². The lowest BCUT2D eigenvalue weighted by Gasteiger charge is -2.32. The molecule has 1 rings (SSSR count). The van der Waals surface area contributed by atoms with Crippen LogP contribution in [-0.4, -0.2) is 40.6 Å². The molecule has 0 radical (unpaired) electrons. The first kappa shape index (κ1) is 20.0. The van der Waals surface area contributed by atoms with Crippen molar-refractivity contribution in [1.29, 1.82) is 0 Å². The van der Waals surface area contributed by atoms with Gasteiger partial charge < -0.3 is 15.3 Å². The molecule has 1 aromatic carbocycles. The Hall–Kier alpha value is -2.04. The molecule has 5 nitrogen and oxygen atoms in total. The maximum Gasteiger partial charge on any atom is 0.317 e. The van der Waals surface area contributed by atoms with E-state index in [1.807, 2.05) is 49.1 Å². The number of hydrogen-bond donors (Lipinski definition) is 2. The van der Waals surface area contributed by atoms with Crippen molar-refractivity contribution in [2.24, 2.45) is 5.92 Å². The summed E-state index contributed by atoms with van der Waals surface area (Å²) >= 11 is 0. The molecule has 2 amide bonds. The smallest absolute Gasteiger partial charge is 0.317 e. The lowest BCUT2D eigenvalue weighted by molar-refractivity contribution is -0.137. The summed E-state index contributed by atoms with van der Waals surface area (Å²) < 4.78 is 0. The van der Waals surface area contributed by atoms with Gasteiger partial charge in [-0.1, -0.05) is 44.2 Å². The minimum Gasteiger partial charge on any atom is -0.481 e. The van der Waals surface area contributed by atoms with Gasteiger partial charge in [-0.25, -0.2) is 4.79 Å². The van der Waals surface area contributed by atoms with Gasteiger partial charge in [0.25, 0.3) is 0 Å². The fraction of sp³-hybridized carbons (Fsp3) is 0.579. The molecule has 5 heteroatoms. The lowest BCUT2D eigenvalue weighted by atomic mass is 10.0. The highest BCUT2D eigenvalue weighted by atomic mass is 16.4. The van der Waals surface area contributed by atoms with Crippen LogP contribution in [0.25, 0.3) is 0 Å². The first-order valence-corrected chi connectivity index (χ1v) is 8.68. The molecule has 0 aliphatic carbocycles. The third-order valence-corrected chi connectivity index (χ3v) is 4.42. The second-order valence-electron chi connectivity index (χ2n) is 6.54. The van der Waals surface area contributed by atoms with Crippen molar-refractivity contribution in [2.45, 2.75) is 59.0 Å². The van der Waals surface area contributed by atoms with Gasteiger partial charge in [0.1, 0.15) is 0 Å². The van der Waals surface area contributed by atoms with Crippen LogP contribution in [0.5, 0.6) is 0 Å². The molecule has 0 saturated heterocycles. The Kier molecular flexibility index (Phi) is 8.30. The Bertz CT molecular complexity index is 517. The number of carbonyl (C=O) groups excluding carboxylic acids is 1. The summed E-state index contributed by atoms with van der Waals surface area (Å²) in [5, 5.41) is 12.0. The molecular weight excluding hydrogens is 304 g/mol. The van der Waals surface area contributed by atoms with Crippen LogP contribution in [0.1, 0.15) is 46.1 Å². The Labute approximate surface area is 145 Å². The van der Waals surface area contributed by atoms with Gasteiger partial charge in [-0.05, 0) is 38.2 Å². The van der Waals surface area contributed by atoms with Crippen molar-refractivity contribution < 1.29 is 14.7 Å². The van der Waals surface area contributed by atoms with Crippen LogP contribution in [0.15, 0.2) is 30.3 Å². The number of urea groups is 1. The highest BCUT2D eigenvalue weighted by Gasteiger charge is 2.23. The van der Waals surface area contributed by atoms with E-state index in [1.54, 1.807) is 0 Å². The molecule has 0 bridgehead atoms. The topological polar surface area (TPSA) is 69.6 Å². The molecule has 0 heterocycles. The molecule has 24 heavy (non-hydrogen) atoms. The Morgan fingerprint density at radius 2 is 1.79 bits per heavy atom. The standard InChI is InChI=1S/C19H30N2O3/c1-5-21(15(4)14(2)3)19(24)20-17(11-12-18(22)23)13-16-9-7-6-8-10-16/h6-10,14-15,17H,5,11-13H2,1-4H3,(H,20,24)(H,22,23). The van der Waals surface area contributed by atoms with Gasteiger partial charge in [0.2, 0.25) is 0 Å². The lowest BCUT2D eigenvalue weighted by Crippen LogP contribution is -2.50. The van der Waals surface area contributed by atoms with Crippen LogP contribution in [0, 0.1) is 5.92 Å². The normalized spacial score (nSPS) is 13.4. The fourth-order valence-electron chi connectivity index (χ4n) is 2.66. The van der Waals surface area contributed by atoms with Crippen LogP contribution >= 0.6 is 0 Å². The molecule has 0 aliphatic rings. The zero-order valence-corrected chi connectivity index (χ0v) is 15.2. The first-order chi connectivity index (χ1) is 11.3. The van der Waals surface area contributed by atoms with Crippen LogP contribution in [0.3, 0.4) is 0 Å². The summed E-state index contributed by atoms with van der Waals surface area (Å²) in [7, 11) is 0. The quantitative estimate of drug-likeness (QED) is 0.726. The monoisotopic (exact) mass is 334 g/mol. The highest BCUT2D eigenvalue weighted by Crippen LogP contribution is 2.12. The summed E-state index contributed by atoms with van der Waals surface area (Å²) in [5.41, 5.74) is 1.09. The number of carboxylic acid groups (broad SMARTS) is 1. The minimum absolute atomic E-state index is 0.0453. The third-order valence-electron chi connectivity index (χ3n) is 4.42. The molecule has 2 unspecified atom stereocenters. The van der Waals surface area contributed by atoms with Crippen molar-refractivity contribution in [3.8, 4) is 0 Å². The maximum atomic E-state index is 12.6. The fourth-order valence-corrected chi connectivity index (χ4v) is 2.66. The second kappa shape index (κ2) is 9.96. The summed E-state index contributed by atoms with van der Waals surface area (Å²) in [5.74, 6) is -0.479. The van der Waals surface area contributed by atoms with Gasteiger partial charge in [-0.3, -0.25) is 4.79 Å². The van der Waals surface area contributed by atoms with Crippen molar-refractivity contribution >= 4 is 12.0 Å². The Balaban J connectivity index is 2.78. The molecule has 0 saturated carbocycles. The number of hydrogen-bond acceptors (Lipinski definition) is 2. The van der Waals surface area contributed by atoms with E-state index in [4.69, 9.17) is 5.11 Å². The number of amides is 2. The number of rotatable bonds is 9. The minimum atomic E-state index is -0.842. The zero-order valence-electron chi connectivity index (χ0n) is 15.2. The largest absolute Gasteiger partial charge is 0.481 e. The van der Waals surface area contributed by atoms with Crippen LogP contribution in [0.2, 0.25) is 0 Å². The molecule has 0 fully saturated rings. The second-order valence-corrected chi connectivity index (χ2v) is 6.54. The number of benzene rings is 1. The summed E-state index contributed by atoms with van der Waals surface area (Å²) in [4.78, 5) is 25.3. The van der Waals surface area contributed by atoms with Gasteiger partial charge >= 0.3 is 12.0 Å². The van der Waals surface area contributed by atoms with Gasteiger partial charge in [0.15, 0.2) is 0 Å². The van der Waals surface area contributed by atoms with Crippen LogP contribution in [0.4, 0.5) is 4.79 Å². The van der Waals surface area contributed by atoms with E-state index >= 15 is 0 Å². The molecule has 1 aromatic rings. The zero-order chi connectivity index (χ0) is 18.1. The average Bonchev–Trinajstić information content (AvgIpc) is 2.54. The highest BCUT2D eigenvalue weighted by molar-refractivity contribution is 5.75. The SMILES string of the molecule is CCN(C(=O)NC(CCC(=O)O)Cc1ccccc1)C(C)C(C)C. The number of carbonyl (C=O) groups is 2. The average molecular weight is 334 g/mol. The summed E-state index contributed by atoms with van der Waals surface area (Å²) in [6.07, 6.45) is 1.10. The molecule has 2 atom stereocenters. The van der Waals surface area contributed by atoms with Crippen molar-refractivity contribution in [3.63, 3.8) is 0 Å². The molecule has 2 N–H and O–H groups in total. The maximum absolute atomic E-state index is 12.6. The predicted molar refractivity (Wildman–Crippen MR) is 96.0 cm³/mol.